The molecule has 0 aliphatic heterocycles. The molecule has 0 fully saturated rings. The van der Waals surface area contributed by atoms with Gasteiger partial charge in [0.05, 0.1) is 19.9 Å². The van der Waals surface area contributed by atoms with Gasteiger partial charge in [-0.3, -0.25) is 4.72 Å². The van der Waals surface area contributed by atoms with Crippen molar-refractivity contribution in [2.24, 2.45) is 0 Å². The maximum Gasteiger partial charge on any atom is 0.265 e. The third-order valence-electron chi connectivity index (χ3n) is 3.05. The van der Waals surface area contributed by atoms with Gasteiger partial charge in [-0.05, 0) is 36.8 Å². The second-order valence-corrected chi connectivity index (χ2v) is 6.24. The van der Waals surface area contributed by atoms with Gasteiger partial charge in [0.1, 0.15) is 22.2 Å². The van der Waals surface area contributed by atoms with E-state index in [9.17, 15) is 12.8 Å². The summed E-state index contributed by atoms with van der Waals surface area (Å²) in [6.07, 6.45) is 0. The van der Waals surface area contributed by atoms with Crippen molar-refractivity contribution >= 4 is 15.7 Å². The van der Waals surface area contributed by atoms with E-state index in [2.05, 4.69) is 4.72 Å². The zero-order chi connectivity index (χ0) is 16.3. The lowest BCUT2D eigenvalue weighted by Crippen LogP contribution is -2.14. The Morgan fingerprint density at radius 2 is 1.73 bits per heavy atom. The van der Waals surface area contributed by atoms with Crippen LogP contribution in [0.3, 0.4) is 0 Å². The Balaban J connectivity index is 2.48. The van der Waals surface area contributed by atoms with Gasteiger partial charge in [-0.1, -0.05) is 6.07 Å². The summed E-state index contributed by atoms with van der Waals surface area (Å²) in [5, 5.41) is 0. The number of hydrogen-bond donors (Lipinski definition) is 1. The first-order valence-electron chi connectivity index (χ1n) is 6.38. The molecule has 0 radical (unpaired) electrons. The van der Waals surface area contributed by atoms with E-state index >= 15 is 0 Å². The Kier molecular flexibility index (Phi) is 4.56. The number of hydrogen-bond acceptors (Lipinski definition) is 4. The SMILES string of the molecule is COc1cc(S(=O)(=O)Nc2cccc(F)c2)c(OC)cc1C. The van der Waals surface area contributed by atoms with Gasteiger partial charge in [-0.25, -0.2) is 12.8 Å². The predicted molar refractivity (Wildman–Crippen MR) is 81.5 cm³/mol. The van der Waals surface area contributed by atoms with E-state index in [0.717, 1.165) is 11.6 Å². The van der Waals surface area contributed by atoms with Crippen LogP contribution in [0.25, 0.3) is 0 Å². The summed E-state index contributed by atoms with van der Waals surface area (Å²) in [6, 6.07) is 8.14. The van der Waals surface area contributed by atoms with Crippen LogP contribution in [0.1, 0.15) is 5.56 Å². The lowest BCUT2D eigenvalue weighted by molar-refractivity contribution is 0.390. The van der Waals surface area contributed by atoms with Crippen molar-refractivity contribution in [1.82, 2.24) is 0 Å². The first-order chi connectivity index (χ1) is 10.4. The Labute approximate surface area is 128 Å². The van der Waals surface area contributed by atoms with E-state index in [1.165, 1.54) is 38.5 Å². The van der Waals surface area contributed by atoms with Gasteiger partial charge in [0, 0.05) is 6.07 Å². The molecule has 0 bridgehead atoms. The van der Waals surface area contributed by atoms with Crippen LogP contribution < -0.4 is 14.2 Å². The first kappa shape index (κ1) is 16.1. The highest BCUT2D eigenvalue weighted by Gasteiger charge is 2.22. The Morgan fingerprint density at radius 1 is 1.05 bits per heavy atom. The van der Waals surface area contributed by atoms with Gasteiger partial charge in [-0.15, -0.1) is 0 Å². The minimum absolute atomic E-state index is 0.0817. The van der Waals surface area contributed by atoms with Gasteiger partial charge in [-0.2, -0.15) is 0 Å². The molecule has 0 spiro atoms. The molecule has 0 heterocycles. The Hall–Kier alpha value is -2.28. The molecular weight excluding hydrogens is 309 g/mol. The lowest BCUT2D eigenvalue weighted by atomic mass is 10.2. The molecule has 118 valence electrons. The molecule has 7 heteroatoms. The van der Waals surface area contributed by atoms with Crippen molar-refractivity contribution in [2.75, 3.05) is 18.9 Å². The van der Waals surface area contributed by atoms with E-state index in [1.54, 1.807) is 13.0 Å². The summed E-state index contributed by atoms with van der Waals surface area (Å²) in [6.45, 7) is 1.78. The van der Waals surface area contributed by atoms with E-state index in [0.29, 0.717) is 5.75 Å². The van der Waals surface area contributed by atoms with E-state index in [1.807, 2.05) is 0 Å². The van der Waals surface area contributed by atoms with Crippen LogP contribution in [0.2, 0.25) is 0 Å². The molecule has 2 rings (SSSR count). The van der Waals surface area contributed by atoms with Crippen molar-refractivity contribution in [2.45, 2.75) is 11.8 Å². The number of halogens is 1. The molecule has 0 amide bonds. The summed E-state index contributed by atoms with van der Waals surface area (Å²) < 4.78 is 50.8. The number of nitrogens with one attached hydrogen (secondary N) is 1. The van der Waals surface area contributed by atoms with Crippen molar-refractivity contribution < 1.29 is 22.3 Å². The minimum Gasteiger partial charge on any atom is -0.496 e. The fraction of sp³-hybridized carbons (Fsp3) is 0.200. The molecule has 0 saturated carbocycles. The highest BCUT2D eigenvalue weighted by molar-refractivity contribution is 7.92. The quantitative estimate of drug-likeness (QED) is 0.918. The normalized spacial score (nSPS) is 11.1. The molecule has 0 aromatic heterocycles. The number of methoxy groups -OCH3 is 2. The molecule has 22 heavy (non-hydrogen) atoms. The van der Waals surface area contributed by atoms with Crippen molar-refractivity contribution in [3.63, 3.8) is 0 Å². The van der Waals surface area contributed by atoms with Crippen LogP contribution in [0.5, 0.6) is 11.5 Å². The molecule has 2 aromatic rings. The highest BCUT2D eigenvalue weighted by Crippen LogP contribution is 2.32. The fourth-order valence-electron chi connectivity index (χ4n) is 1.99. The van der Waals surface area contributed by atoms with Crippen LogP contribution in [0, 0.1) is 12.7 Å². The number of anilines is 1. The molecule has 2 aromatic carbocycles. The fourth-order valence-corrected chi connectivity index (χ4v) is 3.21. The molecule has 0 atom stereocenters. The molecule has 5 nitrogen and oxygen atoms in total. The van der Waals surface area contributed by atoms with Crippen molar-refractivity contribution in [3.05, 3.63) is 47.8 Å². The number of rotatable bonds is 5. The second kappa shape index (κ2) is 6.23. The number of aryl methyl sites for hydroxylation is 1. The average molecular weight is 325 g/mol. The predicted octanol–water partition coefficient (Wildman–Crippen LogP) is 2.95. The first-order valence-corrected chi connectivity index (χ1v) is 7.86. The molecule has 0 saturated heterocycles. The van der Waals surface area contributed by atoms with Crippen molar-refractivity contribution in [3.8, 4) is 11.5 Å². The summed E-state index contributed by atoms with van der Waals surface area (Å²) in [4.78, 5) is -0.0817. The standard InChI is InChI=1S/C15H16FNO4S/c1-10-7-14(21-3)15(9-13(10)20-2)22(18,19)17-12-6-4-5-11(16)8-12/h4-9,17H,1-3H3. The molecular formula is C15H16FNO4S. The van der Waals surface area contributed by atoms with Crippen molar-refractivity contribution in [1.29, 1.82) is 0 Å². The van der Waals surface area contributed by atoms with E-state index in [4.69, 9.17) is 9.47 Å². The monoisotopic (exact) mass is 325 g/mol. The van der Waals surface area contributed by atoms with Crippen LogP contribution in [-0.4, -0.2) is 22.6 Å². The largest absolute Gasteiger partial charge is 0.496 e. The molecule has 1 N–H and O–H groups in total. The van der Waals surface area contributed by atoms with Gasteiger partial charge in [0.15, 0.2) is 0 Å². The third-order valence-corrected chi connectivity index (χ3v) is 4.45. The number of benzene rings is 2. The summed E-state index contributed by atoms with van der Waals surface area (Å²) in [7, 11) is -1.12. The smallest absolute Gasteiger partial charge is 0.265 e. The van der Waals surface area contributed by atoms with Gasteiger partial charge >= 0.3 is 0 Å². The average Bonchev–Trinajstić information content (AvgIpc) is 2.46. The minimum atomic E-state index is -3.94. The topological polar surface area (TPSA) is 64.6 Å². The third kappa shape index (κ3) is 3.30. The van der Waals surface area contributed by atoms with Crippen LogP contribution in [0.4, 0.5) is 10.1 Å². The maximum absolute atomic E-state index is 13.2. The second-order valence-electron chi connectivity index (χ2n) is 4.59. The Morgan fingerprint density at radius 3 is 2.32 bits per heavy atom. The van der Waals surface area contributed by atoms with Crippen LogP contribution in [0.15, 0.2) is 41.3 Å². The van der Waals surface area contributed by atoms with Gasteiger partial charge < -0.3 is 9.47 Å². The summed E-state index contributed by atoms with van der Waals surface area (Å²) >= 11 is 0. The van der Waals surface area contributed by atoms with E-state index in [-0.39, 0.29) is 16.3 Å². The number of sulfonamides is 1. The Bertz CT molecular complexity index is 790. The lowest BCUT2D eigenvalue weighted by Gasteiger charge is -2.14. The number of ether oxygens (including phenoxy) is 2. The summed E-state index contributed by atoms with van der Waals surface area (Å²) in [5.74, 6) is 0.0660. The molecule has 0 unspecified atom stereocenters. The van der Waals surface area contributed by atoms with Gasteiger partial charge in [0.25, 0.3) is 10.0 Å². The van der Waals surface area contributed by atoms with Crippen LogP contribution >= 0.6 is 0 Å². The van der Waals surface area contributed by atoms with Crippen LogP contribution in [-0.2, 0) is 10.0 Å². The summed E-state index contributed by atoms with van der Waals surface area (Å²) in [5.41, 5.74) is 0.866. The zero-order valence-corrected chi connectivity index (χ0v) is 13.2. The molecule has 0 aliphatic rings. The highest BCUT2D eigenvalue weighted by atomic mass is 32.2. The van der Waals surface area contributed by atoms with E-state index < -0.39 is 15.8 Å². The van der Waals surface area contributed by atoms with Gasteiger partial charge in [0.2, 0.25) is 0 Å². The zero-order valence-electron chi connectivity index (χ0n) is 12.4. The molecule has 0 aliphatic carbocycles. The maximum atomic E-state index is 13.2.